The first kappa shape index (κ1) is 31.9. The minimum atomic E-state index is -0.158. The van der Waals surface area contributed by atoms with E-state index in [0.29, 0.717) is 0 Å². The van der Waals surface area contributed by atoms with Crippen LogP contribution in [0.4, 0.5) is 0 Å². The van der Waals surface area contributed by atoms with E-state index in [1.807, 2.05) is 4.68 Å². The molecular formula is C42H51N4+. The summed E-state index contributed by atoms with van der Waals surface area (Å²) in [6, 6.07) is 24.7. The fraction of sp³-hybridized carbons (Fsp3) is 0.405. The zero-order chi connectivity index (χ0) is 32.9. The Morgan fingerprint density at radius 2 is 1.57 bits per heavy atom. The van der Waals surface area contributed by atoms with Crippen LogP contribution in [0.25, 0.3) is 44.5 Å². The van der Waals surface area contributed by atoms with Gasteiger partial charge in [-0.15, -0.1) is 5.10 Å². The maximum Gasteiger partial charge on any atom is 0.221 e. The third-order valence-corrected chi connectivity index (χ3v) is 10.7. The molecular weight excluding hydrogens is 560 g/mol. The Balaban J connectivity index is 1.46. The number of benzene rings is 3. The van der Waals surface area contributed by atoms with Crippen molar-refractivity contribution >= 4 is 16.3 Å². The Bertz CT molecular complexity index is 1910. The van der Waals surface area contributed by atoms with Crippen LogP contribution >= 0.6 is 0 Å². The van der Waals surface area contributed by atoms with Crippen LogP contribution in [0.15, 0.2) is 85.7 Å². The molecule has 0 N–H and O–H groups in total. The van der Waals surface area contributed by atoms with Crippen molar-refractivity contribution in [1.82, 2.24) is 15.0 Å². The first-order valence-electron chi connectivity index (χ1n) is 17.3. The van der Waals surface area contributed by atoms with Gasteiger partial charge in [0.2, 0.25) is 5.69 Å². The molecule has 1 aliphatic heterocycles. The molecule has 3 aromatic carbocycles. The van der Waals surface area contributed by atoms with Gasteiger partial charge in [0.15, 0.2) is 11.7 Å². The third-order valence-electron chi connectivity index (χ3n) is 10.7. The fourth-order valence-electron chi connectivity index (χ4n) is 7.48. The van der Waals surface area contributed by atoms with Crippen LogP contribution in [-0.4, -0.2) is 15.0 Å². The molecule has 0 saturated carbocycles. The molecule has 0 spiro atoms. The van der Waals surface area contributed by atoms with Crippen LogP contribution < -0.4 is 4.57 Å². The molecule has 46 heavy (non-hydrogen) atoms. The quantitative estimate of drug-likeness (QED) is 0.123. The van der Waals surface area contributed by atoms with E-state index in [9.17, 15) is 0 Å². The van der Waals surface area contributed by atoms with Crippen LogP contribution in [0.3, 0.4) is 0 Å². The lowest BCUT2D eigenvalue weighted by Gasteiger charge is -2.35. The average molecular weight is 612 g/mol. The molecule has 6 rings (SSSR count). The SMILES string of the molecule is C=C1c2ccc(-n3cc(-c4cc(C(C)(C)C)cc(C(C)(C)CCCCC)c4)nn3)cc2-c2c3ccccc3cc[n+]2C1(CC)CC. The molecule has 0 unspecified atom stereocenters. The summed E-state index contributed by atoms with van der Waals surface area (Å²) >= 11 is 0. The zero-order valence-electron chi connectivity index (χ0n) is 29.2. The molecule has 0 radical (unpaired) electrons. The van der Waals surface area contributed by atoms with Crippen LogP contribution in [0, 0.1) is 0 Å². The van der Waals surface area contributed by atoms with Crippen molar-refractivity contribution in [2.45, 2.75) is 110 Å². The largest absolute Gasteiger partial charge is 0.221 e. The topological polar surface area (TPSA) is 34.6 Å². The standard InChI is InChI=1S/C42H51N4/c1-10-13-16-22-41(8,9)33-25-31(24-32(26-33)40(5,6)7)38-28-46(44-43-38)34-19-20-35-29(4)42(11-2,12-3)45-23-21-30-17-14-15-18-36(30)39(45)37(35)27-34/h14-15,17-21,23-28H,4,10-13,16,22H2,1-3,5-9H3/q+1. The smallest absolute Gasteiger partial charge is 0.220 e. The Hall–Kier alpha value is -4.05. The first-order chi connectivity index (χ1) is 21.9. The summed E-state index contributed by atoms with van der Waals surface area (Å²) in [6.07, 6.45) is 11.3. The molecule has 2 aromatic heterocycles. The second kappa shape index (κ2) is 12.0. The Kier molecular flexibility index (Phi) is 8.29. The van der Waals surface area contributed by atoms with Gasteiger partial charge in [-0.3, -0.25) is 0 Å². The predicted molar refractivity (Wildman–Crippen MR) is 193 cm³/mol. The van der Waals surface area contributed by atoms with E-state index in [-0.39, 0.29) is 16.4 Å². The molecule has 4 heteroatoms. The van der Waals surface area contributed by atoms with Gasteiger partial charge in [0, 0.05) is 30.0 Å². The van der Waals surface area contributed by atoms with Crippen molar-refractivity contribution < 1.29 is 4.57 Å². The van der Waals surface area contributed by atoms with Crippen LogP contribution in [0.1, 0.15) is 111 Å². The second-order valence-electron chi connectivity index (χ2n) is 15.0. The minimum absolute atomic E-state index is 0.0289. The Morgan fingerprint density at radius 1 is 0.826 bits per heavy atom. The summed E-state index contributed by atoms with van der Waals surface area (Å²) in [7, 11) is 0. The molecule has 0 amide bonds. The number of nitrogens with zero attached hydrogens (tertiary/aromatic N) is 4. The van der Waals surface area contributed by atoms with Gasteiger partial charge >= 0.3 is 0 Å². The van der Waals surface area contributed by atoms with E-state index in [4.69, 9.17) is 16.9 Å². The molecule has 0 saturated heterocycles. The number of rotatable bonds is 9. The van der Waals surface area contributed by atoms with Crippen LogP contribution in [0.5, 0.6) is 0 Å². The van der Waals surface area contributed by atoms with Crippen molar-refractivity contribution in [3.05, 3.63) is 102 Å². The number of pyridine rings is 1. The highest BCUT2D eigenvalue weighted by Crippen LogP contribution is 2.46. The van der Waals surface area contributed by atoms with E-state index < -0.39 is 0 Å². The van der Waals surface area contributed by atoms with E-state index in [0.717, 1.165) is 29.8 Å². The summed E-state index contributed by atoms with van der Waals surface area (Å²) in [5.74, 6) is 0. The summed E-state index contributed by atoms with van der Waals surface area (Å²) in [5, 5.41) is 11.9. The van der Waals surface area contributed by atoms with Gasteiger partial charge in [0.05, 0.1) is 22.8 Å². The van der Waals surface area contributed by atoms with Gasteiger partial charge in [0.25, 0.3) is 0 Å². The monoisotopic (exact) mass is 611 g/mol. The summed E-state index contributed by atoms with van der Waals surface area (Å²) in [4.78, 5) is 0. The van der Waals surface area contributed by atoms with Crippen molar-refractivity contribution in [1.29, 1.82) is 0 Å². The van der Waals surface area contributed by atoms with Crippen molar-refractivity contribution in [3.63, 3.8) is 0 Å². The van der Waals surface area contributed by atoms with E-state index in [1.165, 1.54) is 70.0 Å². The normalized spacial score (nSPS) is 14.4. The zero-order valence-corrected chi connectivity index (χ0v) is 29.2. The van der Waals surface area contributed by atoms with Crippen molar-refractivity contribution in [2.75, 3.05) is 0 Å². The van der Waals surface area contributed by atoms with E-state index in [1.54, 1.807) is 0 Å². The minimum Gasteiger partial charge on any atom is -0.220 e. The number of hydrogen-bond donors (Lipinski definition) is 0. The van der Waals surface area contributed by atoms with Gasteiger partial charge in [-0.2, -0.15) is 4.57 Å². The molecule has 4 nitrogen and oxygen atoms in total. The van der Waals surface area contributed by atoms with Crippen molar-refractivity contribution in [2.24, 2.45) is 0 Å². The first-order valence-corrected chi connectivity index (χ1v) is 17.3. The molecule has 238 valence electrons. The molecule has 0 aliphatic carbocycles. The Morgan fingerprint density at radius 3 is 2.28 bits per heavy atom. The van der Waals surface area contributed by atoms with Gasteiger partial charge in [-0.05, 0) is 69.7 Å². The number of fused-ring (bicyclic) bond motifs is 5. The predicted octanol–water partition coefficient (Wildman–Crippen LogP) is 10.7. The maximum absolute atomic E-state index is 4.75. The lowest BCUT2D eigenvalue weighted by atomic mass is 9.75. The van der Waals surface area contributed by atoms with Gasteiger partial charge in [-0.1, -0.05) is 117 Å². The summed E-state index contributed by atoms with van der Waals surface area (Å²) in [5.41, 5.74) is 10.5. The number of unbranched alkanes of at least 4 members (excludes halogenated alkanes) is 2. The molecule has 1 aliphatic rings. The number of hydrogen-bond acceptors (Lipinski definition) is 2. The highest BCUT2D eigenvalue weighted by molar-refractivity contribution is 5.97. The highest BCUT2D eigenvalue weighted by Gasteiger charge is 2.47. The maximum atomic E-state index is 4.75. The molecule has 0 fully saturated rings. The average Bonchev–Trinajstić information content (AvgIpc) is 3.55. The Labute approximate surface area is 276 Å². The molecule has 3 heterocycles. The second-order valence-corrected chi connectivity index (χ2v) is 15.0. The van der Waals surface area contributed by atoms with Crippen molar-refractivity contribution in [3.8, 4) is 28.2 Å². The van der Waals surface area contributed by atoms with Crippen LogP contribution in [0.2, 0.25) is 0 Å². The van der Waals surface area contributed by atoms with Gasteiger partial charge < -0.3 is 0 Å². The van der Waals surface area contributed by atoms with Crippen LogP contribution in [-0.2, 0) is 16.4 Å². The molecule has 5 aromatic rings. The molecule has 0 bridgehead atoms. The van der Waals surface area contributed by atoms with E-state index in [2.05, 4.69) is 139 Å². The summed E-state index contributed by atoms with van der Waals surface area (Å²) in [6.45, 7) is 23.2. The van der Waals surface area contributed by atoms with Gasteiger partial charge in [-0.25, -0.2) is 4.68 Å². The fourth-order valence-corrected chi connectivity index (χ4v) is 7.48. The lowest BCUT2D eigenvalue weighted by molar-refractivity contribution is -0.740. The lowest BCUT2D eigenvalue weighted by Crippen LogP contribution is -2.59. The summed E-state index contributed by atoms with van der Waals surface area (Å²) < 4.78 is 4.42. The number of allylic oxidation sites excluding steroid dienone is 1. The third kappa shape index (κ3) is 5.40. The number of aromatic nitrogens is 4. The van der Waals surface area contributed by atoms with E-state index >= 15 is 0 Å². The molecule has 0 atom stereocenters. The van der Waals surface area contributed by atoms with Gasteiger partial charge in [0.1, 0.15) is 5.69 Å². The highest BCUT2D eigenvalue weighted by atomic mass is 15.4.